The average molecular weight is 277 g/mol. The second kappa shape index (κ2) is 5.59. The smallest absolute Gasteiger partial charge is 0.202 e. The van der Waals surface area contributed by atoms with Crippen molar-refractivity contribution < 1.29 is 5.11 Å². The van der Waals surface area contributed by atoms with Crippen molar-refractivity contribution in [1.29, 1.82) is 0 Å². The number of aromatic hydroxyl groups is 1. The Labute approximate surface area is 118 Å². The molecule has 2 N–H and O–H groups in total. The maximum Gasteiger partial charge on any atom is 0.202 e. The van der Waals surface area contributed by atoms with Crippen LogP contribution in [0.2, 0.25) is 0 Å². The van der Waals surface area contributed by atoms with Crippen molar-refractivity contribution in [2.75, 3.05) is 27.2 Å². The largest absolute Gasteiger partial charge is 0.494 e. The van der Waals surface area contributed by atoms with Crippen LogP contribution in [-0.4, -0.2) is 46.7 Å². The minimum Gasteiger partial charge on any atom is -0.494 e. The highest BCUT2D eigenvalue weighted by molar-refractivity contribution is 7.80. The SMILES string of the molecule is CN(C)CCNC(=S)c1c(O)n(C)c2ccccc12. The van der Waals surface area contributed by atoms with Crippen LogP contribution >= 0.6 is 12.2 Å². The molecule has 2 aromatic rings. The summed E-state index contributed by atoms with van der Waals surface area (Å²) >= 11 is 5.40. The van der Waals surface area contributed by atoms with Crippen molar-refractivity contribution in [2.45, 2.75) is 0 Å². The van der Waals surface area contributed by atoms with Gasteiger partial charge in [-0.25, -0.2) is 0 Å². The third-order valence-electron chi connectivity index (χ3n) is 3.15. The summed E-state index contributed by atoms with van der Waals surface area (Å²) in [5.41, 5.74) is 1.69. The van der Waals surface area contributed by atoms with Crippen molar-refractivity contribution in [3.05, 3.63) is 29.8 Å². The Bertz CT molecular complexity index is 604. The van der Waals surface area contributed by atoms with E-state index >= 15 is 0 Å². The lowest BCUT2D eigenvalue weighted by Gasteiger charge is -2.12. The van der Waals surface area contributed by atoms with Crippen molar-refractivity contribution >= 4 is 28.1 Å². The van der Waals surface area contributed by atoms with Crippen LogP contribution in [0.25, 0.3) is 10.9 Å². The number of likely N-dealkylation sites (N-methyl/N-ethyl adjacent to an activating group) is 1. The summed E-state index contributed by atoms with van der Waals surface area (Å²) in [6, 6.07) is 7.85. The van der Waals surface area contributed by atoms with E-state index in [4.69, 9.17) is 12.2 Å². The van der Waals surface area contributed by atoms with Gasteiger partial charge in [-0.2, -0.15) is 0 Å². The van der Waals surface area contributed by atoms with Gasteiger partial charge >= 0.3 is 0 Å². The summed E-state index contributed by atoms with van der Waals surface area (Å²) in [5, 5.41) is 14.4. The van der Waals surface area contributed by atoms with Crippen LogP contribution < -0.4 is 5.32 Å². The predicted octanol–water partition coefficient (Wildman–Crippen LogP) is 1.71. The molecule has 1 aromatic heterocycles. The lowest BCUT2D eigenvalue weighted by molar-refractivity contribution is 0.412. The van der Waals surface area contributed by atoms with Crippen LogP contribution in [0.3, 0.4) is 0 Å². The molecule has 0 aliphatic heterocycles. The highest BCUT2D eigenvalue weighted by atomic mass is 32.1. The van der Waals surface area contributed by atoms with Gasteiger partial charge in [0.1, 0.15) is 4.99 Å². The van der Waals surface area contributed by atoms with Crippen molar-refractivity contribution in [1.82, 2.24) is 14.8 Å². The fraction of sp³-hybridized carbons (Fsp3) is 0.357. The standard InChI is InChI=1S/C14H19N3OS/c1-16(2)9-8-15-13(19)12-10-6-4-5-7-11(10)17(3)14(12)18/h4-7,18H,8-9H2,1-3H3,(H,15,19). The van der Waals surface area contributed by atoms with E-state index in [0.717, 1.165) is 24.0 Å². The van der Waals surface area contributed by atoms with Gasteiger partial charge in [0.25, 0.3) is 0 Å². The number of rotatable bonds is 4. The Morgan fingerprint density at radius 3 is 2.74 bits per heavy atom. The molecule has 0 spiro atoms. The Morgan fingerprint density at radius 1 is 1.37 bits per heavy atom. The quantitative estimate of drug-likeness (QED) is 0.835. The predicted molar refractivity (Wildman–Crippen MR) is 82.8 cm³/mol. The molecule has 0 amide bonds. The Morgan fingerprint density at radius 2 is 2.05 bits per heavy atom. The van der Waals surface area contributed by atoms with Crippen LogP contribution in [0.4, 0.5) is 0 Å². The van der Waals surface area contributed by atoms with Gasteiger partial charge in [0.15, 0.2) is 0 Å². The molecule has 1 heterocycles. The van der Waals surface area contributed by atoms with Gasteiger partial charge in [-0.1, -0.05) is 30.4 Å². The van der Waals surface area contributed by atoms with E-state index in [-0.39, 0.29) is 5.88 Å². The van der Waals surface area contributed by atoms with E-state index in [1.807, 2.05) is 45.4 Å². The summed E-state index contributed by atoms with van der Waals surface area (Å²) in [4.78, 5) is 2.68. The van der Waals surface area contributed by atoms with E-state index in [0.29, 0.717) is 10.6 Å². The number of aryl methyl sites for hydroxylation is 1. The lowest BCUT2D eigenvalue weighted by Crippen LogP contribution is -2.30. The van der Waals surface area contributed by atoms with Gasteiger partial charge in [-0.05, 0) is 20.2 Å². The average Bonchev–Trinajstić information content (AvgIpc) is 2.62. The summed E-state index contributed by atoms with van der Waals surface area (Å²) < 4.78 is 1.75. The molecule has 4 nitrogen and oxygen atoms in total. The third kappa shape index (κ3) is 2.72. The van der Waals surface area contributed by atoms with Crippen molar-refractivity contribution in [3.8, 4) is 5.88 Å². The zero-order valence-electron chi connectivity index (χ0n) is 11.5. The van der Waals surface area contributed by atoms with Crippen LogP contribution in [-0.2, 0) is 7.05 Å². The molecule has 1 aromatic carbocycles. The van der Waals surface area contributed by atoms with Crippen molar-refractivity contribution in [3.63, 3.8) is 0 Å². The fourth-order valence-corrected chi connectivity index (χ4v) is 2.39. The molecule has 0 saturated carbocycles. The molecule has 0 radical (unpaired) electrons. The van der Waals surface area contributed by atoms with E-state index in [9.17, 15) is 5.11 Å². The lowest BCUT2D eigenvalue weighted by atomic mass is 10.1. The van der Waals surface area contributed by atoms with E-state index in [1.165, 1.54) is 0 Å². The molecule has 0 aliphatic rings. The molecular weight excluding hydrogens is 258 g/mol. The highest BCUT2D eigenvalue weighted by Crippen LogP contribution is 2.30. The number of benzene rings is 1. The van der Waals surface area contributed by atoms with Gasteiger partial charge < -0.3 is 19.9 Å². The number of hydrogen-bond donors (Lipinski definition) is 2. The topological polar surface area (TPSA) is 40.4 Å². The second-order valence-corrected chi connectivity index (χ2v) is 5.24. The van der Waals surface area contributed by atoms with Crippen LogP contribution in [0.15, 0.2) is 24.3 Å². The first-order valence-corrected chi connectivity index (χ1v) is 6.62. The summed E-state index contributed by atoms with van der Waals surface area (Å²) in [5.74, 6) is 0.212. The van der Waals surface area contributed by atoms with E-state index in [2.05, 4.69) is 10.2 Å². The highest BCUT2D eigenvalue weighted by Gasteiger charge is 2.17. The molecule has 0 unspecified atom stereocenters. The maximum atomic E-state index is 10.2. The monoisotopic (exact) mass is 277 g/mol. The fourth-order valence-electron chi connectivity index (χ4n) is 2.09. The minimum atomic E-state index is 0.212. The number of nitrogens with zero attached hydrogens (tertiary/aromatic N) is 2. The molecule has 102 valence electrons. The first-order valence-electron chi connectivity index (χ1n) is 6.21. The molecule has 0 bridgehead atoms. The molecule has 2 rings (SSSR count). The maximum absolute atomic E-state index is 10.2. The second-order valence-electron chi connectivity index (χ2n) is 4.83. The Kier molecular flexibility index (Phi) is 4.07. The number of para-hydroxylation sites is 1. The van der Waals surface area contributed by atoms with Gasteiger partial charge in [0.2, 0.25) is 5.88 Å². The van der Waals surface area contributed by atoms with E-state index < -0.39 is 0 Å². The molecule has 0 saturated heterocycles. The molecule has 0 aliphatic carbocycles. The summed E-state index contributed by atoms with van der Waals surface area (Å²) in [7, 11) is 5.86. The number of hydrogen-bond acceptors (Lipinski definition) is 3. The van der Waals surface area contributed by atoms with E-state index in [1.54, 1.807) is 4.57 Å². The molecule has 5 heteroatoms. The first kappa shape index (κ1) is 13.8. The van der Waals surface area contributed by atoms with Gasteiger partial charge in [-0.3, -0.25) is 0 Å². The third-order valence-corrected chi connectivity index (χ3v) is 3.50. The van der Waals surface area contributed by atoms with Gasteiger partial charge in [-0.15, -0.1) is 0 Å². The molecule has 0 fully saturated rings. The molecule has 19 heavy (non-hydrogen) atoms. The zero-order chi connectivity index (χ0) is 14.0. The van der Waals surface area contributed by atoms with Gasteiger partial charge in [0.05, 0.1) is 11.1 Å². The molecule has 0 atom stereocenters. The first-order chi connectivity index (χ1) is 9.02. The Hall–Kier alpha value is -1.59. The summed E-state index contributed by atoms with van der Waals surface area (Å²) in [6.45, 7) is 1.65. The molecular formula is C14H19N3OS. The Balaban J connectivity index is 2.29. The number of fused-ring (bicyclic) bond motifs is 1. The number of thiocarbonyl (C=S) groups is 1. The van der Waals surface area contributed by atoms with Crippen LogP contribution in [0, 0.1) is 0 Å². The number of nitrogens with one attached hydrogen (secondary N) is 1. The van der Waals surface area contributed by atoms with Gasteiger partial charge in [0, 0.05) is 25.5 Å². The van der Waals surface area contributed by atoms with Crippen LogP contribution in [0.1, 0.15) is 5.56 Å². The van der Waals surface area contributed by atoms with Crippen molar-refractivity contribution in [2.24, 2.45) is 7.05 Å². The van der Waals surface area contributed by atoms with Crippen LogP contribution in [0.5, 0.6) is 5.88 Å². The summed E-state index contributed by atoms with van der Waals surface area (Å²) in [6.07, 6.45) is 0. The normalized spacial score (nSPS) is 11.2. The minimum absolute atomic E-state index is 0.212. The number of aromatic nitrogens is 1. The zero-order valence-corrected chi connectivity index (χ0v) is 12.3.